The van der Waals surface area contributed by atoms with E-state index < -0.39 is 6.10 Å². The van der Waals surface area contributed by atoms with Gasteiger partial charge in [0.05, 0.1) is 0 Å². The Morgan fingerprint density at radius 1 is 1.71 bits per heavy atom. The van der Waals surface area contributed by atoms with Crippen molar-refractivity contribution < 1.29 is 9.63 Å². The fourth-order valence-corrected chi connectivity index (χ4v) is 2.80. The minimum absolute atomic E-state index is 0.322. The molecule has 0 amide bonds. The van der Waals surface area contributed by atoms with E-state index in [1.54, 1.807) is 6.92 Å². The van der Waals surface area contributed by atoms with E-state index in [9.17, 15) is 5.11 Å². The van der Waals surface area contributed by atoms with E-state index in [-0.39, 0.29) is 0 Å². The second-order valence-corrected chi connectivity index (χ2v) is 4.97. The normalized spacial score (nSPS) is 24.0. The summed E-state index contributed by atoms with van der Waals surface area (Å²) >= 11 is 1.97. The molecule has 1 saturated heterocycles. The predicted molar refractivity (Wildman–Crippen MR) is 54.1 cm³/mol. The molecule has 1 aliphatic heterocycles. The van der Waals surface area contributed by atoms with Crippen LogP contribution in [0.5, 0.6) is 0 Å². The minimum Gasteiger partial charge on any atom is -0.384 e. The summed E-state index contributed by atoms with van der Waals surface area (Å²) in [6, 6.07) is 0. The summed E-state index contributed by atoms with van der Waals surface area (Å²) in [6.45, 7) is 1.63. The first-order valence-electron chi connectivity index (χ1n) is 4.88. The molecule has 0 spiro atoms. The van der Waals surface area contributed by atoms with Gasteiger partial charge in [0, 0.05) is 11.7 Å². The summed E-state index contributed by atoms with van der Waals surface area (Å²) in [4.78, 5) is 4.13. The Morgan fingerprint density at radius 2 is 2.57 bits per heavy atom. The number of hydrogen-bond donors (Lipinski definition) is 1. The Kier molecular flexibility index (Phi) is 3.08. The number of thioether (sulfide) groups is 1. The van der Waals surface area contributed by atoms with Crippen molar-refractivity contribution >= 4 is 11.8 Å². The van der Waals surface area contributed by atoms with Gasteiger partial charge in [0.15, 0.2) is 5.82 Å². The van der Waals surface area contributed by atoms with Crippen molar-refractivity contribution in [2.24, 2.45) is 0 Å². The number of aromatic nitrogens is 2. The Labute approximate surface area is 87.1 Å². The summed E-state index contributed by atoms with van der Waals surface area (Å²) in [7, 11) is 0. The first-order chi connectivity index (χ1) is 6.75. The molecule has 1 N–H and O–H groups in total. The van der Waals surface area contributed by atoms with Crippen LogP contribution in [-0.4, -0.2) is 26.2 Å². The number of hydrogen-bond acceptors (Lipinski definition) is 5. The van der Waals surface area contributed by atoms with Crippen LogP contribution in [0.1, 0.15) is 37.6 Å². The smallest absolute Gasteiger partial charge is 0.255 e. The molecule has 0 aliphatic carbocycles. The van der Waals surface area contributed by atoms with Crippen LogP contribution in [-0.2, 0) is 6.42 Å². The van der Waals surface area contributed by atoms with Crippen LogP contribution >= 0.6 is 11.8 Å². The van der Waals surface area contributed by atoms with E-state index in [1.807, 2.05) is 11.8 Å². The maximum Gasteiger partial charge on any atom is 0.255 e. The van der Waals surface area contributed by atoms with E-state index in [0.29, 0.717) is 11.1 Å². The molecule has 14 heavy (non-hydrogen) atoms. The van der Waals surface area contributed by atoms with Gasteiger partial charge in [-0.2, -0.15) is 16.7 Å². The monoisotopic (exact) mass is 214 g/mol. The van der Waals surface area contributed by atoms with E-state index in [2.05, 4.69) is 10.1 Å². The molecule has 2 unspecified atom stereocenters. The van der Waals surface area contributed by atoms with Gasteiger partial charge in [0.25, 0.3) is 5.89 Å². The topological polar surface area (TPSA) is 59.2 Å². The van der Waals surface area contributed by atoms with E-state index in [4.69, 9.17) is 4.52 Å². The summed E-state index contributed by atoms with van der Waals surface area (Å²) < 4.78 is 4.92. The molecule has 0 aromatic carbocycles. The van der Waals surface area contributed by atoms with Gasteiger partial charge >= 0.3 is 0 Å². The van der Waals surface area contributed by atoms with Crippen molar-refractivity contribution in [3.63, 3.8) is 0 Å². The highest BCUT2D eigenvalue weighted by atomic mass is 32.2. The molecule has 4 nitrogen and oxygen atoms in total. The zero-order chi connectivity index (χ0) is 9.97. The zero-order valence-corrected chi connectivity index (χ0v) is 8.96. The Balaban J connectivity index is 1.95. The van der Waals surface area contributed by atoms with Crippen molar-refractivity contribution in [2.75, 3.05) is 5.75 Å². The lowest BCUT2D eigenvalue weighted by Gasteiger charge is -2.02. The lowest BCUT2D eigenvalue weighted by Crippen LogP contribution is -2.03. The van der Waals surface area contributed by atoms with Gasteiger partial charge < -0.3 is 9.63 Å². The Bertz CT molecular complexity index is 295. The third kappa shape index (κ3) is 2.27. The number of rotatable bonds is 3. The van der Waals surface area contributed by atoms with Gasteiger partial charge in [0.1, 0.15) is 6.10 Å². The first kappa shape index (κ1) is 9.98. The van der Waals surface area contributed by atoms with Gasteiger partial charge in [-0.15, -0.1) is 0 Å². The molecule has 2 rings (SSSR count). The van der Waals surface area contributed by atoms with Crippen molar-refractivity contribution in [1.82, 2.24) is 10.1 Å². The van der Waals surface area contributed by atoms with Crippen molar-refractivity contribution in [2.45, 2.75) is 37.5 Å². The van der Waals surface area contributed by atoms with Gasteiger partial charge in [-0.05, 0) is 25.5 Å². The fraction of sp³-hybridized carbons (Fsp3) is 0.778. The molecule has 0 bridgehead atoms. The van der Waals surface area contributed by atoms with Crippen LogP contribution < -0.4 is 0 Å². The SMILES string of the molecule is CC(O)c1nc(CC2CCCS2)no1. The summed E-state index contributed by atoms with van der Waals surface area (Å²) in [5.74, 6) is 2.29. The quantitative estimate of drug-likeness (QED) is 0.827. The van der Waals surface area contributed by atoms with E-state index >= 15 is 0 Å². The molecule has 78 valence electrons. The maximum atomic E-state index is 9.20. The van der Waals surface area contributed by atoms with Crippen molar-refractivity contribution in [3.8, 4) is 0 Å². The minimum atomic E-state index is -0.660. The highest BCUT2D eigenvalue weighted by Crippen LogP contribution is 2.28. The third-order valence-electron chi connectivity index (χ3n) is 2.28. The largest absolute Gasteiger partial charge is 0.384 e. The van der Waals surface area contributed by atoms with Crippen molar-refractivity contribution in [1.29, 1.82) is 0 Å². The first-order valence-corrected chi connectivity index (χ1v) is 5.92. The Morgan fingerprint density at radius 3 is 3.14 bits per heavy atom. The second-order valence-electron chi connectivity index (χ2n) is 3.56. The molecule has 5 heteroatoms. The van der Waals surface area contributed by atoms with E-state index in [1.165, 1.54) is 18.6 Å². The molecular formula is C9H14N2O2S. The van der Waals surface area contributed by atoms with Crippen LogP contribution in [0.3, 0.4) is 0 Å². The number of aliphatic hydroxyl groups excluding tert-OH is 1. The molecule has 0 saturated carbocycles. The average Bonchev–Trinajstić information content (AvgIpc) is 2.75. The average molecular weight is 214 g/mol. The third-order valence-corrected chi connectivity index (χ3v) is 3.67. The fourth-order valence-electron chi connectivity index (χ4n) is 1.53. The molecule has 1 aromatic heterocycles. The van der Waals surface area contributed by atoms with Crippen LogP contribution in [0.15, 0.2) is 4.52 Å². The summed E-state index contributed by atoms with van der Waals surface area (Å²) in [5, 5.41) is 13.7. The van der Waals surface area contributed by atoms with Crippen LogP contribution in [0.25, 0.3) is 0 Å². The van der Waals surface area contributed by atoms with E-state index in [0.717, 1.165) is 12.2 Å². The van der Waals surface area contributed by atoms with Crippen LogP contribution in [0.4, 0.5) is 0 Å². The highest BCUT2D eigenvalue weighted by molar-refractivity contribution is 8.00. The molecule has 1 aliphatic rings. The second kappa shape index (κ2) is 4.31. The molecule has 1 fully saturated rings. The lowest BCUT2D eigenvalue weighted by molar-refractivity contribution is 0.151. The number of nitrogens with zero attached hydrogens (tertiary/aromatic N) is 2. The highest BCUT2D eigenvalue weighted by Gasteiger charge is 2.19. The predicted octanol–water partition coefficient (Wildman–Crippen LogP) is 1.56. The molecular weight excluding hydrogens is 200 g/mol. The molecule has 2 atom stereocenters. The zero-order valence-electron chi connectivity index (χ0n) is 8.14. The Hall–Kier alpha value is -0.550. The summed E-state index contributed by atoms with van der Waals surface area (Å²) in [6.07, 6.45) is 2.73. The lowest BCUT2D eigenvalue weighted by atomic mass is 10.2. The molecule has 1 aromatic rings. The van der Waals surface area contributed by atoms with Crippen LogP contribution in [0.2, 0.25) is 0 Å². The molecule has 2 heterocycles. The van der Waals surface area contributed by atoms with Gasteiger partial charge in [-0.3, -0.25) is 0 Å². The van der Waals surface area contributed by atoms with Gasteiger partial charge in [-0.25, -0.2) is 0 Å². The maximum absolute atomic E-state index is 9.20. The van der Waals surface area contributed by atoms with Gasteiger partial charge in [-0.1, -0.05) is 5.16 Å². The number of aliphatic hydroxyl groups is 1. The molecule has 0 radical (unpaired) electrons. The van der Waals surface area contributed by atoms with Gasteiger partial charge in [0.2, 0.25) is 0 Å². The van der Waals surface area contributed by atoms with Crippen LogP contribution in [0, 0.1) is 0 Å². The standard InChI is InChI=1S/C9H14N2O2S/c1-6(12)9-10-8(11-13-9)5-7-3-2-4-14-7/h6-7,12H,2-5H2,1H3. The van der Waals surface area contributed by atoms with Crippen molar-refractivity contribution in [3.05, 3.63) is 11.7 Å². The summed E-state index contributed by atoms with van der Waals surface area (Å²) in [5.41, 5.74) is 0.